The van der Waals surface area contributed by atoms with Crippen LogP contribution in [0.4, 0.5) is 0 Å². The lowest BCUT2D eigenvalue weighted by Crippen LogP contribution is -2.29. The molecule has 0 saturated heterocycles. The van der Waals surface area contributed by atoms with Crippen molar-refractivity contribution >= 4 is 5.91 Å². The number of hydrogen-bond donors (Lipinski definition) is 2. The minimum Gasteiger partial charge on any atom is -0.356 e. The minimum atomic E-state index is 0.191. The van der Waals surface area contributed by atoms with E-state index >= 15 is 0 Å². The first kappa shape index (κ1) is 13.4. The summed E-state index contributed by atoms with van der Waals surface area (Å²) in [6, 6.07) is 0.533. The van der Waals surface area contributed by atoms with Gasteiger partial charge in [0.2, 0.25) is 5.91 Å². The van der Waals surface area contributed by atoms with E-state index in [0.717, 1.165) is 32.4 Å². The van der Waals surface area contributed by atoms with Crippen LogP contribution in [0.25, 0.3) is 0 Å². The van der Waals surface area contributed by atoms with Crippen molar-refractivity contribution in [2.75, 3.05) is 13.1 Å². The Labute approximate surface area is 87.6 Å². The van der Waals surface area contributed by atoms with E-state index in [-0.39, 0.29) is 5.91 Å². The van der Waals surface area contributed by atoms with Crippen LogP contribution in [-0.4, -0.2) is 25.0 Å². The van der Waals surface area contributed by atoms with E-state index in [2.05, 4.69) is 31.4 Å². The van der Waals surface area contributed by atoms with Crippen molar-refractivity contribution in [2.24, 2.45) is 0 Å². The van der Waals surface area contributed by atoms with Gasteiger partial charge in [-0.15, -0.1) is 0 Å². The highest BCUT2D eigenvalue weighted by molar-refractivity contribution is 5.75. The molecule has 0 unspecified atom stereocenters. The van der Waals surface area contributed by atoms with E-state index in [1.807, 2.05) is 0 Å². The first-order valence-electron chi connectivity index (χ1n) is 5.67. The SMILES string of the molecule is CCCCC(=O)NCCCNC(C)C. The largest absolute Gasteiger partial charge is 0.356 e. The molecule has 0 bridgehead atoms. The molecule has 1 amide bonds. The van der Waals surface area contributed by atoms with Gasteiger partial charge < -0.3 is 10.6 Å². The Morgan fingerprint density at radius 1 is 1.21 bits per heavy atom. The molecule has 0 rings (SSSR count). The third-order valence-corrected chi connectivity index (χ3v) is 1.99. The summed E-state index contributed by atoms with van der Waals surface area (Å²) in [7, 11) is 0. The molecule has 3 heteroatoms. The van der Waals surface area contributed by atoms with Gasteiger partial charge in [-0.25, -0.2) is 0 Å². The molecular formula is C11H24N2O. The van der Waals surface area contributed by atoms with Crippen LogP contribution in [-0.2, 0) is 4.79 Å². The number of hydrogen-bond acceptors (Lipinski definition) is 2. The Morgan fingerprint density at radius 2 is 1.93 bits per heavy atom. The number of unbranched alkanes of at least 4 members (excludes halogenated alkanes) is 1. The van der Waals surface area contributed by atoms with Gasteiger partial charge in [0, 0.05) is 19.0 Å². The smallest absolute Gasteiger partial charge is 0.219 e. The van der Waals surface area contributed by atoms with E-state index in [4.69, 9.17) is 0 Å². The quantitative estimate of drug-likeness (QED) is 0.585. The maximum atomic E-state index is 11.2. The van der Waals surface area contributed by atoms with Crippen molar-refractivity contribution in [2.45, 2.75) is 52.5 Å². The topological polar surface area (TPSA) is 41.1 Å². The fraction of sp³-hybridized carbons (Fsp3) is 0.909. The maximum absolute atomic E-state index is 11.2. The molecule has 0 aliphatic carbocycles. The minimum absolute atomic E-state index is 0.191. The Hall–Kier alpha value is -0.570. The van der Waals surface area contributed by atoms with Gasteiger partial charge in [0.1, 0.15) is 0 Å². The van der Waals surface area contributed by atoms with Crippen LogP contribution in [0.3, 0.4) is 0 Å². The molecule has 0 atom stereocenters. The normalized spacial score (nSPS) is 10.6. The van der Waals surface area contributed by atoms with Crippen molar-refractivity contribution < 1.29 is 4.79 Å². The van der Waals surface area contributed by atoms with E-state index in [9.17, 15) is 4.79 Å². The van der Waals surface area contributed by atoms with Crippen LogP contribution in [0.2, 0.25) is 0 Å². The van der Waals surface area contributed by atoms with E-state index in [0.29, 0.717) is 12.5 Å². The summed E-state index contributed by atoms with van der Waals surface area (Å²) < 4.78 is 0. The van der Waals surface area contributed by atoms with Crippen LogP contribution in [0.1, 0.15) is 46.5 Å². The molecule has 84 valence electrons. The van der Waals surface area contributed by atoms with Crippen LogP contribution < -0.4 is 10.6 Å². The fourth-order valence-electron chi connectivity index (χ4n) is 1.13. The highest BCUT2D eigenvalue weighted by Crippen LogP contribution is 1.92. The number of rotatable bonds is 8. The number of carbonyl (C=O) groups is 1. The third-order valence-electron chi connectivity index (χ3n) is 1.99. The molecule has 0 aromatic rings. The summed E-state index contributed by atoms with van der Waals surface area (Å²) in [4.78, 5) is 11.2. The lowest BCUT2D eigenvalue weighted by Gasteiger charge is -2.08. The first-order valence-corrected chi connectivity index (χ1v) is 5.67. The van der Waals surface area contributed by atoms with Crippen molar-refractivity contribution in [3.63, 3.8) is 0 Å². The van der Waals surface area contributed by atoms with E-state index in [1.165, 1.54) is 0 Å². The molecule has 0 aliphatic heterocycles. The zero-order valence-electron chi connectivity index (χ0n) is 9.73. The molecule has 14 heavy (non-hydrogen) atoms. The molecule has 0 fully saturated rings. The number of amides is 1. The predicted octanol–water partition coefficient (Wildman–Crippen LogP) is 1.68. The van der Waals surface area contributed by atoms with Gasteiger partial charge in [0.05, 0.1) is 0 Å². The predicted molar refractivity (Wildman–Crippen MR) is 60.3 cm³/mol. The molecule has 0 saturated carbocycles. The number of nitrogens with one attached hydrogen (secondary N) is 2. The van der Waals surface area contributed by atoms with Crippen LogP contribution in [0.5, 0.6) is 0 Å². The van der Waals surface area contributed by atoms with Crippen LogP contribution in [0.15, 0.2) is 0 Å². The second-order valence-electron chi connectivity index (χ2n) is 3.92. The van der Waals surface area contributed by atoms with Gasteiger partial charge in [-0.1, -0.05) is 27.2 Å². The highest BCUT2D eigenvalue weighted by Gasteiger charge is 1.98. The summed E-state index contributed by atoms with van der Waals surface area (Å²) in [5, 5.41) is 6.22. The fourth-order valence-corrected chi connectivity index (χ4v) is 1.13. The molecule has 0 aliphatic rings. The van der Waals surface area contributed by atoms with Gasteiger partial charge >= 0.3 is 0 Å². The van der Waals surface area contributed by atoms with Gasteiger partial charge in [-0.3, -0.25) is 4.79 Å². The average molecular weight is 200 g/mol. The summed E-state index contributed by atoms with van der Waals surface area (Å²) >= 11 is 0. The lowest BCUT2D eigenvalue weighted by molar-refractivity contribution is -0.121. The van der Waals surface area contributed by atoms with Gasteiger partial charge in [0.15, 0.2) is 0 Å². The maximum Gasteiger partial charge on any atom is 0.219 e. The summed E-state index contributed by atoms with van der Waals surface area (Å²) in [6.45, 7) is 8.12. The molecule has 0 radical (unpaired) electrons. The molecule has 0 spiro atoms. The second kappa shape index (κ2) is 9.00. The Bertz CT molecular complexity index is 146. The van der Waals surface area contributed by atoms with Crippen molar-refractivity contribution in [1.29, 1.82) is 0 Å². The van der Waals surface area contributed by atoms with Gasteiger partial charge in [-0.2, -0.15) is 0 Å². The Kier molecular flexibility index (Phi) is 8.64. The lowest BCUT2D eigenvalue weighted by atomic mass is 10.2. The summed E-state index contributed by atoms with van der Waals surface area (Å²) in [6.07, 6.45) is 3.77. The third kappa shape index (κ3) is 9.52. The van der Waals surface area contributed by atoms with Crippen molar-refractivity contribution in [3.8, 4) is 0 Å². The molecular weight excluding hydrogens is 176 g/mol. The second-order valence-corrected chi connectivity index (χ2v) is 3.92. The zero-order valence-corrected chi connectivity index (χ0v) is 9.73. The standard InChI is InChI=1S/C11H24N2O/c1-4-5-7-11(14)13-9-6-8-12-10(2)3/h10,12H,4-9H2,1-3H3,(H,13,14). The Morgan fingerprint density at radius 3 is 2.50 bits per heavy atom. The average Bonchev–Trinajstić information content (AvgIpc) is 2.13. The number of carbonyl (C=O) groups excluding carboxylic acids is 1. The van der Waals surface area contributed by atoms with Gasteiger partial charge in [0.25, 0.3) is 0 Å². The molecule has 0 aromatic carbocycles. The van der Waals surface area contributed by atoms with Crippen molar-refractivity contribution in [3.05, 3.63) is 0 Å². The summed E-state index contributed by atoms with van der Waals surface area (Å²) in [5.74, 6) is 0.191. The van der Waals surface area contributed by atoms with E-state index < -0.39 is 0 Å². The van der Waals surface area contributed by atoms with E-state index in [1.54, 1.807) is 0 Å². The van der Waals surface area contributed by atoms with Crippen LogP contribution >= 0.6 is 0 Å². The van der Waals surface area contributed by atoms with Crippen LogP contribution in [0, 0.1) is 0 Å². The Balaban J connectivity index is 3.15. The highest BCUT2D eigenvalue weighted by atomic mass is 16.1. The van der Waals surface area contributed by atoms with Gasteiger partial charge in [-0.05, 0) is 19.4 Å². The molecule has 3 nitrogen and oxygen atoms in total. The molecule has 0 heterocycles. The van der Waals surface area contributed by atoms with Crippen molar-refractivity contribution in [1.82, 2.24) is 10.6 Å². The monoisotopic (exact) mass is 200 g/mol. The summed E-state index contributed by atoms with van der Waals surface area (Å²) in [5.41, 5.74) is 0. The molecule has 2 N–H and O–H groups in total. The first-order chi connectivity index (χ1) is 6.66. The molecule has 0 aromatic heterocycles. The zero-order chi connectivity index (χ0) is 10.8.